The molecule has 0 radical (unpaired) electrons. The highest BCUT2D eigenvalue weighted by molar-refractivity contribution is 6.42. The molecule has 0 aliphatic heterocycles. The molecular formula is C28H19Cl2N3O2. The third-order valence-corrected chi connectivity index (χ3v) is 6.12. The summed E-state index contributed by atoms with van der Waals surface area (Å²) in [4.78, 5) is 17.9. The number of hydrogen-bond acceptors (Lipinski definition) is 4. The second-order valence-electron chi connectivity index (χ2n) is 7.79. The van der Waals surface area contributed by atoms with Crippen molar-refractivity contribution in [3.05, 3.63) is 129 Å². The van der Waals surface area contributed by atoms with E-state index in [-0.39, 0.29) is 5.56 Å². The van der Waals surface area contributed by atoms with Crippen molar-refractivity contribution in [2.24, 2.45) is 5.10 Å². The van der Waals surface area contributed by atoms with Crippen LogP contribution in [0.3, 0.4) is 0 Å². The summed E-state index contributed by atoms with van der Waals surface area (Å²) in [6, 6.07) is 29.6. The minimum Gasteiger partial charge on any atom is -0.489 e. The lowest BCUT2D eigenvalue weighted by molar-refractivity contribution is 0.306. The molecule has 1 aromatic heterocycles. The molecule has 5 nitrogen and oxygen atoms in total. The zero-order chi connectivity index (χ0) is 24.2. The fraction of sp³-hybridized carbons (Fsp3) is 0.0357. The van der Waals surface area contributed by atoms with Crippen molar-refractivity contribution in [1.29, 1.82) is 0 Å². The summed E-state index contributed by atoms with van der Waals surface area (Å²) in [5.74, 6) is 1.18. The summed E-state index contributed by atoms with van der Waals surface area (Å²) in [7, 11) is 0. The number of nitrogens with zero attached hydrogens (tertiary/aromatic N) is 3. The number of fused-ring (bicyclic) bond motifs is 1. The highest BCUT2D eigenvalue weighted by atomic mass is 35.5. The molecule has 0 fully saturated rings. The van der Waals surface area contributed by atoms with E-state index in [4.69, 9.17) is 32.9 Å². The van der Waals surface area contributed by atoms with Crippen LogP contribution in [0.2, 0.25) is 10.0 Å². The van der Waals surface area contributed by atoms with E-state index in [1.165, 1.54) is 4.68 Å². The summed E-state index contributed by atoms with van der Waals surface area (Å²) >= 11 is 12.0. The Bertz CT molecular complexity index is 1580. The fourth-order valence-electron chi connectivity index (χ4n) is 3.58. The number of ether oxygens (including phenoxy) is 1. The van der Waals surface area contributed by atoms with Crippen molar-refractivity contribution in [3.63, 3.8) is 0 Å². The van der Waals surface area contributed by atoms with Crippen LogP contribution in [-0.4, -0.2) is 15.9 Å². The normalized spacial score (nSPS) is 11.3. The molecule has 0 aliphatic carbocycles. The smallest absolute Gasteiger partial charge is 0.282 e. The van der Waals surface area contributed by atoms with Gasteiger partial charge in [0.25, 0.3) is 5.56 Å². The third kappa shape index (κ3) is 5.11. The lowest BCUT2D eigenvalue weighted by atomic mass is 10.2. The van der Waals surface area contributed by atoms with Crippen LogP contribution in [-0.2, 0) is 6.61 Å². The van der Waals surface area contributed by atoms with Crippen molar-refractivity contribution in [2.45, 2.75) is 6.61 Å². The van der Waals surface area contributed by atoms with Gasteiger partial charge in [0.1, 0.15) is 12.4 Å². The Morgan fingerprint density at radius 3 is 2.37 bits per heavy atom. The lowest BCUT2D eigenvalue weighted by Gasteiger charge is -2.09. The van der Waals surface area contributed by atoms with Gasteiger partial charge in [0.05, 0.1) is 27.2 Å². The van der Waals surface area contributed by atoms with Crippen molar-refractivity contribution in [2.75, 3.05) is 0 Å². The largest absolute Gasteiger partial charge is 0.489 e. The van der Waals surface area contributed by atoms with E-state index < -0.39 is 0 Å². The van der Waals surface area contributed by atoms with Gasteiger partial charge in [-0.3, -0.25) is 4.79 Å². The van der Waals surface area contributed by atoms with Crippen molar-refractivity contribution in [3.8, 4) is 17.1 Å². The first-order chi connectivity index (χ1) is 17.1. The average Bonchev–Trinajstić information content (AvgIpc) is 2.90. The van der Waals surface area contributed by atoms with E-state index in [0.717, 1.165) is 16.7 Å². The molecule has 172 valence electrons. The first-order valence-corrected chi connectivity index (χ1v) is 11.6. The quantitative estimate of drug-likeness (QED) is 0.240. The SMILES string of the molecule is O=c1c2ccccc2nc(-c2ccccc2)n1N=Cc1ccc(OCc2ccc(Cl)c(Cl)c2)cc1. The van der Waals surface area contributed by atoms with Gasteiger partial charge < -0.3 is 4.74 Å². The number of hydrogen-bond donors (Lipinski definition) is 0. The minimum absolute atomic E-state index is 0.229. The van der Waals surface area contributed by atoms with Crippen LogP contribution in [0.15, 0.2) is 107 Å². The van der Waals surface area contributed by atoms with Gasteiger partial charge >= 0.3 is 0 Å². The van der Waals surface area contributed by atoms with Gasteiger partial charge in [0.15, 0.2) is 5.82 Å². The van der Waals surface area contributed by atoms with E-state index in [9.17, 15) is 4.79 Å². The zero-order valence-electron chi connectivity index (χ0n) is 18.4. The van der Waals surface area contributed by atoms with Crippen LogP contribution in [0.1, 0.15) is 11.1 Å². The predicted octanol–water partition coefficient (Wildman–Crippen LogP) is 6.83. The molecule has 0 aliphatic rings. The fourth-order valence-corrected chi connectivity index (χ4v) is 3.90. The van der Waals surface area contributed by atoms with Crippen LogP contribution in [0.25, 0.3) is 22.3 Å². The first-order valence-electron chi connectivity index (χ1n) is 10.9. The van der Waals surface area contributed by atoms with E-state index >= 15 is 0 Å². The molecule has 0 bridgehead atoms. The molecule has 0 unspecified atom stereocenters. The molecule has 35 heavy (non-hydrogen) atoms. The number of aromatic nitrogens is 2. The Morgan fingerprint density at radius 2 is 1.60 bits per heavy atom. The van der Waals surface area contributed by atoms with Crippen LogP contribution in [0.5, 0.6) is 5.75 Å². The second kappa shape index (κ2) is 10.1. The Morgan fingerprint density at radius 1 is 0.857 bits per heavy atom. The number of benzene rings is 4. The Kier molecular flexibility index (Phi) is 6.62. The molecular weight excluding hydrogens is 481 g/mol. The van der Waals surface area contributed by atoms with E-state index in [1.54, 1.807) is 24.4 Å². The van der Waals surface area contributed by atoms with Crippen molar-refractivity contribution >= 4 is 40.3 Å². The number of halogens is 2. The molecule has 5 aromatic rings. The zero-order valence-corrected chi connectivity index (χ0v) is 19.9. The van der Waals surface area contributed by atoms with Crippen molar-refractivity contribution in [1.82, 2.24) is 9.66 Å². The van der Waals surface area contributed by atoms with Crippen LogP contribution < -0.4 is 10.3 Å². The topological polar surface area (TPSA) is 56.5 Å². The van der Waals surface area contributed by atoms with Gasteiger partial charge in [0, 0.05) is 5.56 Å². The van der Waals surface area contributed by atoms with E-state index in [2.05, 4.69) is 5.10 Å². The summed E-state index contributed by atoms with van der Waals surface area (Å²) in [6.45, 7) is 0.364. The monoisotopic (exact) mass is 499 g/mol. The third-order valence-electron chi connectivity index (χ3n) is 5.38. The van der Waals surface area contributed by atoms with E-state index in [1.807, 2.05) is 78.9 Å². The molecule has 0 N–H and O–H groups in total. The molecule has 4 aromatic carbocycles. The summed E-state index contributed by atoms with van der Waals surface area (Å²) in [5, 5.41) is 6.00. The summed E-state index contributed by atoms with van der Waals surface area (Å²) in [5.41, 5.74) is 2.93. The molecule has 0 atom stereocenters. The van der Waals surface area contributed by atoms with Gasteiger partial charge in [-0.1, -0.05) is 71.7 Å². The molecule has 5 rings (SSSR count). The highest BCUT2D eigenvalue weighted by Gasteiger charge is 2.12. The number of rotatable bonds is 6. The standard InChI is InChI=1S/C28H19Cl2N3O2/c29-24-15-12-20(16-25(24)30)18-35-22-13-10-19(11-14-22)17-31-33-27(21-6-2-1-3-7-21)32-26-9-5-4-8-23(26)28(33)34/h1-17H,18H2. The molecule has 7 heteroatoms. The molecule has 0 spiro atoms. The maximum absolute atomic E-state index is 13.2. The van der Waals surface area contributed by atoms with E-state index in [0.29, 0.717) is 39.1 Å². The lowest BCUT2D eigenvalue weighted by Crippen LogP contribution is -2.20. The van der Waals surface area contributed by atoms with Gasteiger partial charge in [-0.15, -0.1) is 0 Å². The molecule has 0 amide bonds. The molecule has 0 saturated carbocycles. The Hall–Kier alpha value is -3.93. The van der Waals surface area contributed by atoms with Gasteiger partial charge in [-0.25, -0.2) is 4.98 Å². The van der Waals surface area contributed by atoms with Crippen molar-refractivity contribution < 1.29 is 4.74 Å². The summed E-state index contributed by atoms with van der Waals surface area (Å²) < 4.78 is 7.18. The summed E-state index contributed by atoms with van der Waals surface area (Å²) in [6.07, 6.45) is 1.63. The van der Waals surface area contributed by atoms with Gasteiger partial charge in [-0.2, -0.15) is 9.78 Å². The Balaban J connectivity index is 1.41. The van der Waals surface area contributed by atoms with Crippen LogP contribution >= 0.6 is 23.2 Å². The maximum atomic E-state index is 13.2. The van der Waals surface area contributed by atoms with Gasteiger partial charge in [0.2, 0.25) is 0 Å². The highest BCUT2D eigenvalue weighted by Crippen LogP contribution is 2.24. The van der Waals surface area contributed by atoms with Gasteiger partial charge in [-0.05, 0) is 59.7 Å². The van der Waals surface area contributed by atoms with Crippen LogP contribution in [0.4, 0.5) is 0 Å². The second-order valence-corrected chi connectivity index (χ2v) is 8.60. The number of para-hydroxylation sites is 1. The Labute approximate surface area is 211 Å². The van der Waals surface area contributed by atoms with Crippen LogP contribution in [0, 0.1) is 0 Å². The molecule has 0 saturated heterocycles. The predicted molar refractivity (Wildman–Crippen MR) is 142 cm³/mol. The first kappa shape index (κ1) is 22.8. The molecule has 1 heterocycles. The minimum atomic E-state index is -0.229. The maximum Gasteiger partial charge on any atom is 0.282 e. The average molecular weight is 500 g/mol.